The van der Waals surface area contributed by atoms with E-state index in [4.69, 9.17) is 4.74 Å². The highest BCUT2D eigenvalue weighted by molar-refractivity contribution is 5.38. The summed E-state index contributed by atoms with van der Waals surface area (Å²) in [5.41, 5.74) is 0. The highest BCUT2D eigenvalue weighted by atomic mass is 19.1. The van der Waals surface area contributed by atoms with Crippen LogP contribution in [0.3, 0.4) is 0 Å². The van der Waals surface area contributed by atoms with Crippen molar-refractivity contribution in [2.75, 3.05) is 12.4 Å². The average molecular weight is 230 g/mol. The van der Waals surface area contributed by atoms with Gasteiger partial charge in [-0.1, -0.05) is 13.3 Å². The molecular weight excluding hydrogens is 214 g/mol. The molecule has 1 heterocycles. The summed E-state index contributed by atoms with van der Waals surface area (Å²) in [6.07, 6.45) is 1.60. The number of nitrogens with one attached hydrogen (secondary N) is 1. The Morgan fingerprint density at radius 3 is 2.69 bits per heavy atom. The summed E-state index contributed by atoms with van der Waals surface area (Å²) in [5, 5.41) is 2.54. The van der Waals surface area contributed by atoms with E-state index in [9.17, 15) is 8.78 Å². The quantitative estimate of drug-likeness (QED) is 0.844. The first-order chi connectivity index (χ1) is 7.58. The predicted octanol–water partition coefficient (Wildman–Crippen LogP) is 2.97. The van der Waals surface area contributed by atoms with Crippen molar-refractivity contribution in [2.24, 2.45) is 0 Å². The van der Waals surface area contributed by atoms with Gasteiger partial charge in [0.05, 0.1) is 6.10 Å². The number of halogens is 2. The lowest BCUT2D eigenvalue weighted by molar-refractivity contribution is 0.191. The van der Waals surface area contributed by atoms with E-state index in [2.05, 4.69) is 10.3 Å². The van der Waals surface area contributed by atoms with Gasteiger partial charge in [0.2, 0.25) is 0 Å². The minimum absolute atomic E-state index is 0.0138. The molecule has 0 radical (unpaired) electrons. The summed E-state index contributed by atoms with van der Waals surface area (Å²) < 4.78 is 31.7. The molecule has 0 saturated heterocycles. The zero-order valence-corrected chi connectivity index (χ0v) is 9.68. The molecule has 1 rings (SSSR count). The fourth-order valence-electron chi connectivity index (χ4n) is 1.36. The van der Waals surface area contributed by atoms with Crippen molar-refractivity contribution in [3.63, 3.8) is 0 Å². The Labute approximate surface area is 93.8 Å². The molecule has 0 aromatic carbocycles. The number of hydrogen-bond acceptors (Lipinski definition) is 3. The first kappa shape index (κ1) is 12.7. The topological polar surface area (TPSA) is 34.1 Å². The Balaban J connectivity index is 2.87. The van der Waals surface area contributed by atoms with E-state index < -0.39 is 11.6 Å². The molecule has 1 aromatic rings. The largest absolute Gasteiger partial charge is 0.473 e. The third kappa shape index (κ3) is 3.05. The second kappa shape index (κ2) is 5.63. The van der Waals surface area contributed by atoms with E-state index in [1.807, 2.05) is 13.8 Å². The van der Waals surface area contributed by atoms with Crippen molar-refractivity contribution in [1.82, 2.24) is 4.98 Å². The number of anilines is 1. The van der Waals surface area contributed by atoms with Gasteiger partial charge in [0.25, 0.3) is 5.88 Å². The monoisotopic (exact) mass is 230 g/mol. The Hall–Kier alpha value is -1.39. The lowest BCUT2D eigenvalue weighted by atomic mass is 10.2. The Bertz CT molecular complexity index is 358. The van der Waals surface area contributed by atoms with Gasteiger partial charge < -0.3 is 10.1 Å². The number of aromatic nitrogens is 1. The first-order valence-electron chi connectivity index (χ1n) is 5.29. The van der Waals surface area contributed by atoms with Crippen LogP contribution in [0.15, 0.2) is 6.07 Å². The first-order valence-corrected chi connectivity index (χ1v) is 5.29. The van der Waals surface area contributed by atoms with Gasteiger partial charge in [0.15, 0.2) is 17.5 Å². The summed E-state index contributed by atoms with van der Waals surface area (Å²) in [7, 11) is 1.52. The summed E-state index contributed by atoms with van der Waals surface area (Å²) in [5.74, 6) is -1.68. The van der Waals surface area contributed by atoms with Gasteiger partial charge in [-0.3, -0.25) is 0 Å². The molecule has 90 valence electrons. The number of pyridine rings is 1. The number of ether oxygens (including phenoxy) is 1. The molecule has 0 amide bonds. The average Bonchev–Trinajstić information content (AvgIpc) is 2.22. The molecule has 0 bridgehead atoms. The van der Waals surface area contributed by atoms with Gasteiger partial charge in [-0.25, -0.2) is 8.78 Å². The molecule has 0 saturated carbocycles. The normalized spacial score (nSPS) is 12.3. The smallest absolute Gasteiger partial charge is 0.252 e. The molecule has 0 fully saturated rings. The molecule has 0 aliphatic heterocycles. The van der Waals surface area contributed by atoms with Gasteiger partial charge in [-0.15, -0.1) is 0 Å². The molecule has 0 aliphatic rings. The van der Waals surface area contributed by atoms with Gasteiger partial charge in [0, 0.05) is 13.1 Å². The van der Waals surface area contributed by atoms with Gasteiger partial charge in [0.1, 0.15) is 0 Å². The van der Waals surface area contributed by atoms with Crippen LogP contribution in [0, 0.1) is 11.6 Å². The molecule has 1 aromatic heterocycles. The Morgan fingerprint density at radius 1 is 1.44 bits per heavy atom. The molecule has 3 nitrogen and oxygen atoms in total. The molecule has 5 heteroatoms. The summed E-state index contributed by atoms with van der Waals surface area (Å²) in [6, 6.07) is 0.771. The Kier molecular flexibility index (Phi) is 4.46. The van der Waals surface area contributed by atoms with Crippen LogP contribution in [0.25, 0.3) is 0 Å². The number of nitrogens with zero attached hydrogens (tertiary/aromatic N) is 1. The molecule has 16 heavy (non-hydrogen) atoms. The van der Waals surface area contributed by atoms with Crippen molar-refractivity contribution in [1.29, 1.82) is 0 Å². The maximum Gasteiger partial charge on any atom is 0.252 e. The fourth-order valence-corrected chi connectivity index (χ4v) is 1.36. The van der Waals surface area contributed by atoms with Crippen LogP contribution >= 0.6 is 0 Å². The number of rotatable bonds is 5. The van der Waals surface area contributed by atoms with Crippen LogP contribution in [0.4, 0.5) is 14.6 Å². The minimum Gasteiger partial charge on any atom is -0.473 e. The summed E-state index contributed by atoms with van der Waals surface area (Å²) in [4.78, 5) is 3.73. The van der Waals surface area contributed by atoms with Crippen molar-refractivity contribution < 1.29 is 13.5 Å². The van der Waals surface area contributed by atoms with Crippen molar-refractivity contribution in [3.05, 3.63) is 17.7 Å². The van der Waals surface area contributed by atoms with Crippen molar-refractivity contribution in [3.8, 4) is 5.88 Å². The maximum absolute atomic E-state index is 13.3. The summed E-state index contributed by atoms with van der Waals surface area (Å²) in [6.45, 7) is 3.83. The second-order valence-electron chi connectivity index (χ2n) is 3.57. The molecule has 0 spiro atoms. The van der Waals surface area contributed by atoms with Crippen molar-refractivity contribution in [2.45, 2.75) is 32.8 Å². The lowest BCUT2D eigenvalue weighted by Crippen LogP contribution is -2.14. The van der Waals surface area contributed by atoms with E-state index in [0.717, 1.165) is 18.9 Å². The zero-order valence-electron chi connectivity index (χ0n) is 9.68. The molecule has 0 aliphatic carbocycles. The fraction of sp³-hybridized carbons (Fsp3) is 0.545. The summed E-state index contributed by atoms with van der Waals surface area (Å²) >= 11 is 0. The highest BCUT2D eigenvalue weighted by Crippen LogP contribution is 2.22. The van der Waals surface area contributed by atoms with Crippen LogP contribution in [-0.4, -0.2) is 18.1 Å². The second-order valence-corrected chi connectivity index (χ2v) is 3.57. The molecular formula is C11H16F2N2O. The highest BCUT2D eigenvalue weighted by Gasteiger charge is 2.14. The van der Waals surface area contributed by atoms with Crippen molar-refractivity contribution >= 4 is 5.82 Å². The third-order valence-corrected chi connectivity index (χ3v) is 2.14. The van der Waals surface area contributed by atoms with Crippen LogP contribution < -0.4 is 10.1 Å². The van der Waals surface area contributed by atoms with E-state index >= 15 is 0 Å². The maximum atomic E-state index is 13.3. The number of hydrogen-bond donors (Lipinski definition) is 1. The minimum atomic E-state index is -0.778. The Morgan fingerprint density at radius 2 is 2.12 bits per heavy atom. The van der Waals surface area contributed by atoms with Crippen LogP contribution in [0.2, 0.25) is 0 Å². The molecule has 1 N–H and O–H groups in total. The van der Waals surface area contributed by atoms with E-state index in [1.165, 1.54) is 7.05 Å². The van der Waals surface area contributed by atoms with E-state index in [-0.39, 0.29) is 17.8 Å². The molecule has 1 atom stereocenters. The van der Waals surface area contributed by atoms with Gasteiger partial charge in [-0.05, 0) is 13.3 Å². The van der Waals surface area contributed by atoms with Gasteiger partial charge >= 0.3 is 0 Å². The van der Waals surface area contributed by atoms with E-state index in [1.54, 1.807) is 0 Å². The van der Waals surface area contributed by atoms with E-state index in [0.29, 0.717) is 0 Å². The lowest BCUT2D eigenvalue weighted by Gasteiger charge is -2.14. The van der Waals surface area contributed by atoms with Gasteiger partial charge in [-0.2, -0.15) is 4.98 Å². The zero-order chi connectivity index (χ0) is 12.1. The predicted molar refractivity (Wildman–Crippen MR) is 58.7 cm³/mol. The standard InChI is InChI=1S/C11H16F2N2O/c1-4-5-7(2)16-11-9(13)6-8(12)10(14-3)15-11/h6-7H,4-5H2,1-3H3,(H,14,15). The SMILES string of the molecule is CCCC(C)Oc1nc(NC)c(F)cc1F. The third-order valence-electron chi connectivity index (χ3n) is 2.14. The van der Waals surface area contributed by atoms with Crippen LogP contribution in [0.5, 0.6) is 5.88 Å². The molecule has 1 unspecified atom stereocenters. The van der Waals surface area contributed by atoms with Crippen LogP contribution in [0.1, 0.15) is 26.7 Å². The van der Waals surface area contributed by atoms with Crippen LogP contribution in [-0.2, 0) is 0 Å².